The van der Waals surface area contributed by atoms with Crippen LogP contribution in [0.5, 0.6) is 0 Å². The summed E-state index contributed by atoms with van der Waals surface area (Å²) in [5.41, 5.74) is 3.40. The number of carbonyl (C=O) groups is 2. The van der Waals surface area contributed by atoms with E-state index in [1.165, 1.54) is 5.56 Å². The zero-order valence-corrected chi connectivity index (χ0v) is 19.9. The Kier molecular flexibility index (Phi) is 7.79. The van der Waals surface area contributed by atoms with E-state index in [0.29, 0.717) is 30.1 Å². The third-order valence-electron chi connectivity index (χ3n) is 6.11. The number of thiophene rings is 1. The van der Waals surface area contributed by atoms with Gasteiger partial charge in [0.2, 0.25) is 5.91 Å². The molecule has 4 rings (SSSR count). The van der Waals surface area contributed by atoms with Crippen LogP contribution in [0.2, 0.25) is 0 Å². The highest BCUT2D eigenvalue weighted by atomic mass is 32.1. The minimum atomic E-state index is -0.103. The van der Waals surface area contributed by atoms with Gasteiger partial charge in [-0.3, -0.25) is 9.59 Å². The number of anilines is 2. The minimum absolute atomic E-state index is 0.0765. The van der Waals surface area contributed by atoms with Gasteiger partial charge in [0.25, 0.3) is 5.91 Å². The Hall–Kier alpha value is -3.12. The summed E-state index contributed by atoms with van der Waals surface area (Å²) in [6.07, 6.45) is 3.35. The molecule has 5 nitrogen and oxygen atoms in total. The van der Waals surface area contributed by atoms with Crippen LogP contribution in [0.4, 0.5) is 11.4 Å². The van der Waals surface area contributed by atoms with E-state index in [-0.39, 0.29) is 11.8 Å². The molecule has 1 aromatic heterocycles. The van der Waals surface area contributed by atoms with Gasteiger partial charge in [-0.1, -0.05) is 43.3 Å². The quantitative estimate of drug-likeness (QED) is 0.488. The van der Waals surface area contributed by atoms with Crippen LogP contribution in [0.15, 0.2) is 66.0 Å². The highest BCUT2D eigenvalue weighted by molar-refractivity contribution is 7.10. The molecule has 2 amide bonds. The van der Waals surface area contributed by atoms with Gasteiger partial charge in [-0.05, 0) is 60.4 Å². The molecular formula is C27H31N3O2S. The number of piperidine rings is 1. The molecule has 33 heavy (non-hydrogen) atoms. The first-order chi connectivity index (χ1) is 16.1. The van der Waals surface area contributed by atoms with E-state index in [4.69, 9.17) is 0 Å². The largest absolute Gasteiger partial charge is 0.371 e. The second-order valence-electron chi connectivity index (χ2n) is 8.70. The smallest absolute Gasteiger partial charge is 0.253 e. The Morgan fingerprint density at radius 3 is 2.55 bits per heavy atom. The van der Waals surface area contributed by atoms with Gasteiger partial charge >= 0.3 is 0 Å². The second kappa shape index (κ2) is 11.1. The molecule has 0 atom stereocenters. The first-order valence-electron chi connectivity index (χ1n) is 11.6. The van der Waals surface area contributed by atoms with Crippen molar-refractivity contribution in [2.45, 2.75) is 32.6 Å². The summed E-state index contributed by atoms with van der Waals surface area (Å²) in [7, 11) is 0. The average molecular weight is 462 g/mol. The fourth-order valence-corrected chi connectivity index (χ4v) is 4.86. The molecule has 0 radical (unpaired) electrons. The van der Waals surface area contributed by atoms with E-state index in [2.05, 4.69) is 34.6 Å². The van der Waals surface area contributed by atoms with Crippen molar-refractivity contribution >= 4 is 34.5 Å². The molecule has 1 saturated heterocycles. The van der Waals surface area contributed by atoms with E-state index in [0.717, 1.165) is 42.9 Å². The number of hydrogen-bond donors (Lipinski definition) is 2. The van der Waals surface area contributed by atoms with E-state index < -0.39 is 0 Å². The lowest BCUT2D eigenvalue weighted by molar-refractivity contribution is -0.115. The van der Waals surface area contributed by atoms with Crippen LogP contribution in [0, 0.1) is 5.92 Å². The number of nitrogens with one attached hydrogen (secondary N) is 2. The Balaban J connectivity index is 1.48. The van der Waals surface area contributed by atoms with E-state index >= 15 is 0 Å². The van der Waals surface area contributed by atoms with Crippen LogP contribution in [-0.4, -0.2) is 31.4 Å². The Bertz CT molecular complexity index is 1060. The van der Waals surface area contributed by atoms with Gasteiger partial charge in [0, 0.05) is 35.9 Å². The highest BCUT2D eigenvalue weighted by Crippen LogP contribution is 2.29. The molecule has 2 aromatic carbocycles. The van der Waals surface area contributed by atoms with Gasteiger partial charge in [0.15, 0.2) is 0 Å². The predicted octanol–water partition coefficient (Wildman–Crippen LogP) is 5.14. The molecule has 2 N–H and O–H groups in total. The topological polar surface area (TPSA) is 61.4 Å². The molecule has 172 valence electrons. The van der Waals surface area contributed by atoms with Crippen molar-refractivity contribution in [3.8, 4) is 0 Å². The summed E-state index contributed by atoms with van der Waals surface area (Å²) < 4.78 is 0. The third-order valence-corrected chi connectivity index (χ3v) is 6.98. The van der Waals surface area contributed by atoms with Crippen LogP contribution in [0.3, 0.4) is 0 Å². The van der Waals surface area contributed by atoms with Crippen molar-refractivity contribution in [3.63, 3.8) is 0 Å². The first kappa shape index (κ1) is 23.1. The lowest BCUT2D eigenvalue weighted by Crippen LogP contribution is -2.35. The van der Waals surface area contributed by atoms with Crippen LogP contribution in [0.1, 0.15) is 40.6 Å². The number of amides is 2. The summed E-state index contributed by atoms with van der Waals surface area (Å²) in [4.78, 5) is 29.0. The van der Waals surface area contributed by atoms with Crippen LogP contribution >= 0.6 is 11.3 Å². The van der Waals surface area contributed by atoms with E-state index in [9.17, 15) is 9.59 Å². The van der Waals surface area contributed by atoms with Gasteiger partial charge in [-0.2, -0.15) is 0 Å². The standard InChI is InChI=1S/C27H31N3O2S/c1-20-12-15-30(16-13-20)25-10-9-22(29-26(31)19-23-8-5-17-33-23)18-24(25)27(32)28-14-11-21-6-3-2-4-7-21/h2-10,17-18,20H,11-16,19H2,1H3,(H,28,32)(H,29,31). The van der Waals surface area contributed by atoms with Gasteiger partial charge in [-0.15, -0.1) is 11.3 Å². The monoisotopic (exact) mass is 461 g/mol. The molecule has 6 heteroatoms. The third kappa shape index (κ3) is 6.45. The van der Waals surface area contributed by atoms with Crippen LogP contribution < -0.4 is 15.5 Å². The van der Waals surface area contributed by atoms with Gasteiger partial charge < -0.3 is 15.5 Å². The lowest BCUT2D eigenvalue weighted by atomic mass is 9.97. The van der Waals surface area contributed by atoms with Crippen LogP contribution in [-0.2, 0) is 17.6 Å². The minimum Gasteiger partial charge on any atom is -0.371 e. The molecule has 3 aromatic rings. The van der Waals surface area contributed by atoms with Gasteiger partial charge in [-0.25, -0.2) is 0 Å². The van der Waals surface area contributed by atoms with Crippen molar-refractivity contribution in [2.24, 2.45) is 5.92 Å². The summed E-state index contributed by atoms with van der Waals surface area (Å²) >= 11 is 1.57. The normalized spacial score (nSPS) is 14.2. The van der Waals surface area contributed by atoms with Crippen molar-refractivity contribution in [1.82, 2.24) is 5.32 Å². The Morgan fingerprint density at radius 2 is 1.82 bits per heavy atom. The van der Waals surface area contributed by atoms with Crippen molar-refractivity contribution < 1.29 is 9.59 Å². The number of benzene rings is 2. The maximum Gasteiger partial charge on any atom is 0.253 e. The fraction of sp³-hybridized carbons (Fsp3) is 0.333. The number of carbonyl (C=O) groups excluding carboxylic acids is 2. The van der Waals surface area contributed by atoms with Gasteiger partial charge in [0.05, 0.1) is 12.0 Å². The summed E-state index contributed by atoms with van der Waals surface area (Å²) in [5.74, 6) is 0.529. The maximum absolute atomic E-state index is 13.2. The number of nitrogens with zero attached hydrogens (tertiary/aromatic N) is 1. The summed E-state index contributed by atoms with van der Waals surface area (Å²) in [5, 5.41) is 8.01. The zero-order chi connectivity index (χ0) is 23.0. The zero-order valence-electron chi connectivity index (χ0n) is 19.0. The van der Waals surface area contributed by atoms with Crippen LogP contribution in [0.25, 0.3) is 0 Å². The first-order valence-corrected chi connectivity index (χ1v) is 12.5. The molecule has 1 aliphatic heterocycles. The fourth-order valence-electron chi connectivity index (χ4n) is 4.16. The maximum atomic E-state index is 13.2. The summed E-state index contributed by atoms with van der Waals surface area (Å²) in [6.45, 7) is 4.72. The van der Waals surface area contributed by atoms with E-state index in [1.807, 2.05) is 53.9 Å². The molecule has 0 bridgehead atoms. The lowest BCUT2D eigenvalue weighted by Gasteiger charge is -2.33. The Morgan fingerprint density at radius 1 is 1.03 bits per heavy atom. The van der Waals surface area contributed by atoms with E-state index in [1.54, 1.807) is 11.3 Å². The number of rotatable bonds is 8. The molecule has 0 saturated carbocycles. The van der Waals surface area contributed by atoms with Crippen molar-refractivity contribution in [1.29, 1.82) is 0 Å². The van der Waals surface area contributed by atoms with Gasteiger partial charge in [0.1, 0.15) is 0 Å². The molecule has 1 aliphatic rings. The molecule has 1 fully saturated rings. The van der Waals surface area contributed by atoms with Crippen molar-refractivity contribution in [3.05, 3.63) is 82.0 Å². The SMILES string of the molecule is CC1CCN(c2ccc(NC(=O)Cc3cccs3)cc2C(=O)NCCc2ccccc2)CC1. The van der Waals surface area contributed by atoms with Crippen molar-refractivity contribution in [2.75, 3.05) is 29.9 Å². The predicted molar refractivity (Wildman–Crippen MR) is 136 cm³/mol. The molecular weight excluding hydrogens is 430 g/mol. The molecule has 0 aliphatic carbocycles. The molecule has 0 unspecified atom stereocenters. The Labute approximate surface area is 199 Å². The summed E-state index contributed by atoms with van der Waals surface area (Å²) in [6, 6.07) is 19.7. The number of hydrogen-bond acceptors (Lipinski definition) is 4. The average Bonchev–Trinajstić information content (AvgIpc) is 3.33. The highest BCUT2D eigenvalue weighted by Gasteiger charge is 2.22. The second-order valence-corrected chi connectivity index (χ2v) is 9.73. The molecule has 2 heterocycles. The molecule has 0 spiro atoms.